The summed E-state index contributed by atoms with van der Waals surface area (Å²) >= 11 is 1.46. The first-order valence-corrected chi connectivity index (χ1v) is 11.5. The van der Waals surface area contributed by atoms with Crippen LogP contribution in [0.15, 0.2) is 52.4 Å². The summed E-state index contributed by atoms with van der Waals surface area (Å²) in [5.41, 5.74) is 3.21. The van der Waals surface area contributed by atoms with E-state index in [1.165, 1.54) is 23.7 Å². The van der Waals surface area contributed by atoms with Crippen molar-refractivity contribution in [2.45, 2.75) is 33.3 Å². The summed E-state index contributed by atoms with van der Waals surface area (Å²) in [4.78, 5) is 19.6. The van der Waals surface area contributed by atoms with Crippen molar-refractivity contribution < 1.29 is 14.3 Å². The molecule has 2 heterocycles. The van der Waals surface area contributed by atoms with E-state index < -0.39 is 0 Å². The lowest BCUT2D eigenvalue weighted by molar-refractivity contribution is -0.113. The number of ether oxygens (including phenoxy) is 2. The van der Waals surface area contributed by atoms with Crippen LogP contribution in [0, 0.1) is 12.8 Å². The predicted octanol–water partition coefficient (Wildman–Crippen LogP) is 5.28. The SMILES string of the molecule is COc1cc(/C=C2\SC(N3CCC[C@@H](C)C3)=NC2=O)ccc1OCc1ccc(C)cc1. The quantitative estimate of drug-likeness (QED) is 0.597. The third kappa shape index (κ3) is 5.31. The van der Waals surface area contributed by atoms with Crippen molar-refractivity contribution in [3.8, 4) is 11.5 Å². The maximum Gasteiger partial charge on any atom is 0.286 e. The van der Waals surface area contributed by atoms with Gasteiger partial charge in [-0.3, -0.25) is 4.79 Å². The summed E-state index contributed by atoms with van der Waals surface area (Å²) in [6.07, 6.45) is 4.27. The molecule has 0 unspecified atom stereocenters. The molecule has 1 saturated heterocycles. The molecule has 0 N–H and O–H groups in total. The van der Waals surface area contributed by atoms with Gasteiger partial charge in [0.1, 0.15) is 6.61 Å². The molecule has 2 aromatic rings. The number of carbonyl (C=O) groups excluding carboxylic acids is 1. The van der Waals surface area contributed by atoms with Crippen molar-refractivity contribution >= 4 is 28.9 Å². The van der Waals surface area contributed by atoms with E-state index in [0.717, 1.165) is 35.8 Å². The lowest BCUT2D eigenvalue weighted by atomic mass is 10.0. The Balaban J connectivity index is 1.44. The molecule has 31 heavy (non-hydrogen) atoms. The molecule has 4 rings (SSSR count). The van der Waals surface area contributed by atoms with Crippen molar-refractivity contribution in [3.05, 3.63) is 64.1 Å². The highest BCUT2D eigenvalue weighted by Crippen LogP contribution is 2.34. The van der Waals surface area contributed by atoms with E-state index in [4.69, 9.17) is 9.47 Å². The summed E-state index contributed by atoms with van der Waals surface area (Å²) in [5, 5.41) is 0.827. The number of nitrogens with zero attached hydrogens (tertiary/aromatic N) is 2. The number of amidine groups is 1. The van der Waals surface area contributed by atoms with Crippen molar-refractivity contribution in [2.75, 3.05) is 20.2 Å². The van der Waals surface area contributed by atoms with Gasteiger partial charge in [0.2, 0.25) is 0 Å². The molecule has 0 radical (unpaired) electrons. The number of likely N-dealkylation sites (tertiary alicyclic amines) is 1. The zero-order valence-electron chi connectivity index (χ0n) is 18.3. The summed E-state index contributed by atoms with van der Waals surface area (Å²) < 4.78 is 11.5. The molecule has 2 aromatic carbocycles. The Labute approximate surface area is 188 Å². The molecule has 1 fully saturated rings. The number of carbonyl (C=O) groups is 1. The second kappa shape index (κ2) is 9.60. The van der Waals surface area contributed by atoms with Gasteiger partial charge in [-0.1, -0.05) is 42.8 Å². The zero-order chi connectivity index (χ0) is 21.8. The highest BCUT2D eigenvalue weighted by molar-refractivity contribution is 8.18. The molecular weight excluding hydrogens is 408 g/mol. The molecule has 2 aliphatic heterocycles. The van der Waals surface area contributed by atoms with Crippen LogP contribution in [0.4, 0.5) is 0 Å². The summed E-state index contributed by atoms with van der Waals surface area (Å²) in [6, 6.07) is 14.0. The van der Waals surface area contributed by atoms with Gasteiger partial charge in [-0.2, -0.15) is 4.99 Å². The van der Waals surface area contributed by atoms with E-state index in [-0.39, 0.29) is 5.91 Å². The Bertz CT molecular complexity index is 1010. The lowest BCUT2D eigenvalue weighted by Gasteiger charge is -2.31. The Morgan fingerprint density at radius 3 is 2.74 bits per heavy atom. The highest BCUT2D eigenvalue weighted by atomic mass is 32.2. The van der Waals surface area contributed by atoms with Crippen molar-refractivity contribution in [3.63, 3.8) is 0 Å². The predicted molar refractivity (Wildman–Crippen MR) is 126 cm³/mol. The van der Waals surface area contributed by atoms with E-state index in [2.05, 4.69) is 48.0 Å². The minimum absolute atomic E-state index is 0.170. The second-order valence-corrected chi connectivity index (χ2v) is 9.20. The third-order valence-electron chi connectivity index (χ3n) is 5.54. The van der Waals surface area contributed by atoms with Crippen LogP contribution < -0.4 is 9.47 Å². The molecule has 1 amide bonds. The molecule has 1 atom stereocenters. The summed E-state index contributed by atoms with van der Waals surface area (Å²) in [7, 11) is 1.62. The number of methoxy groups -OCH3 is 1. The van der Waals surface area contributed by atoms with Crippen LogP contribution in [0.5, 0.6) is 11.5 Å². The molecular formula is C25H28N2O3S. The van der Waals surface area contributed by atoms with Gasteiger partial charge < -0.3 is 14.4 Å². The first-order valence-electron chi connectivity index (χ1n) is 10.7. The molecule has 162 valence electrons. The first kappa shape index (κ1) is 21.5. The summed E-state index contributed by atoms with van der Waals surface area (Å²) in [6.45, 7) is 6.72. The van der Waals surface area contributed by atoms with Gasteiger partial charge in [0.15, 0.2) is 16.7 Å². The number of hydrogen-bond acceptors (Lipinski definition) is 5. The average molecular weight is 437 g/mol. The average Bonchev–Trinajstić information content (AvgIpc) is 3.14. The van der Waals surface area contributed by atoms with Crippen molar-refractivity contribution in [2.24, 2.45) is 10.9 Å². The number of aliphatic imine (C=N–C) groups is 1. The number of thioether (sulfide) groups is 1. The van der Waals surface area contributed by atoms with Gasteiger partial charge in [-0.05, 0) is 66.8 Å². The van der Waals surface area contributed by atoms with E-state index in [1.54, 1.807) is 7.11 Å². The van der Waals surface area contributed by atoms with Crippen LogP contribution in [0.3, 0.4) is 0 Å². The fraction of sp³-hybridized carbons (Fsp3) is 0.360. The number of hydrogen-bond donors (Lipinski definition) is 0. The topological polar surface area (TPSA) is 51.1 Å². The Morgan fingerprint density at radius 2 is 2.00 bits per heavy atom. The molecule has 0 aliphatic carbocycles. The van der Waals surface area contributed by atoms with Crippen LogP contribution in [-0.4, -0.2) is 36.2 Å². The van der Waals surface area contributed by atoms with Crippen LogP contribution in [0.1, 0.15) is 36.5 Å². The summed E-state index contributed by atoms with van der Waals surface area (Å²) in [5.74, 6) is 1.78. The molecule has 0 aromatic heterocycles. The number of benzene rings is 2. The first-order chi connectivity index (χ1) is 15.0. The largest absolute Gasteiger partial charge is 0.493 e. The van der Waals surface area contributed by atoms with Gasteiger partial charge in [0, 0.05) is 13.1 Å². The Hall–Kier alpha value is -2.73. The van der Waals surface area contributed by atoms with Gasteiger partial charge >= 0.3 is 0 Å². The fourth-order valence-corrected chi connectivity index (χ4v) is 4.73. The van der Waals surface area contributed by atoms with Crippen molar-refractivity contribution in [1.82, 2.24) is 4.90 Å². The van der Waals surface area contributed by atoms with Gasteiger partial charge in [-0.15, -0.1) is 0 Å². The van der Waals surface area contributed by atoms with Crippen molar-refractivity contribution in [1.29, 1.82) is 0 Å². The third-order valence-corrected chi connectivity index (χ3v) is 6.58. The fourth-order valence-electron chi connectivity index (χ4n) is 3.79. The molecule has 6 heteroatoms. The van der Waals surface area contributed by atoms with Gasteiger partial charge in [0.25, 0.3) is 5.91 Å². The van der Waals surface area contributed by atoms with Gasteiger partial charge in [-0.25, -0.2) is 0 Å². The monoisotopic (exact) mass is 436 g/mol. The minimum atomic E-state index is -0.170. The maximum absolute atomic E-state index is 12.5. The van der Waals surface area contributed by atoms with Crippen LogP contribution in [-0.2, 0) is 11.4 Å². The smallest absolute Gasteiger partial charge is 0.286 e. The molecule has 2 aliphatic rings. The Morgan fingerprint density at radius 1 is 1.19 bits per heavy atom. The minimum Gasteiger partial charge on any atom is -0.493 e. The standard InChI is InChI=1S/C25H28N2O3S/c1-17-6-8-19(9-7-17)16-30-21-11-10-20(13-22(21)29-3)14-23-24(28)26-25(31-23)27-12-4-5-18(2)15-27/h6-11,13-14,18H,4-5,12,15-16H2,1-3H3/b23-14-/t18-/m1/s1. The van der Waals surface area contributed by atoms with Gasteiger partial charge in [0.05, 0.1) is 12.0 Å². The highest BCUT2D eigenvalue weighted by Gasteiger charge is 2.28. The number of piperidine rings is 1. The molecule has 0 spiro atoms. The normalized spacial score (nSPS) is 20.2. The van der Waals surface area contributed by atoms with E-state index in [0.29, 0.717) is 28.9 Å². The number of aryl methyl sites for hydroxylation is 1. The second-order valence-electron chi connectivity index (χ2n) is 8.19. The van der Waals surface area contributed by atoms with Crippen LogP contribution in [0.25, 0.3) is 6.08 Å². The van der Waals surface area contributed by atoms with E-state index in [1.807, 2.05) is 24.3 Å². The number of rotatable bonds is 5. The maximum atomic E-state index is 12.5. The molecule has 0 saturated carbocycles. The van der Waals surface area contributed by atoms with E-state index in [9.17, 15) is 4.79 Å². The van der Waals surface area contributed by atoms with E-state index >= 15 is 0 Å². The van der Waals surface area contributed by atoms with Crippen LogP contribution >= 0.6 is 11.8 Å². The molecule has 5 nitrogen and oxygen atoms in total. The Kier molecular flexibility index (Phi) is 6.66. The number of amides is 1. The lowest BCUT2D eigenvalue weighted by Crippen LogP contribution is -2.37. The molecule has 0 bridgehead atoms. The zero-order valence-corrected chi connectivity index (χ0v) is 19.1. The van der Waals surface area contributed by atoms with Crippen LogP contribution in [0.2, 0.25) is 0 Å².